The number of esters is 1. The molecule has 0 aromatic heterocycles. The third-order valence-corrected chi connectivity index (χ3v) is 7.10. The molecule has 29 heavy (non-hydrogen) atoms. The minimum Gasteiger partial charge on any atom is -0.466 e. The lowest BCUT2D eigenvalue weighted by molar-refractivity contribution is -0.151. The highest BCUT2D eigenvalue weighted by Crippen LogP contribution is 2.21. The summed E-state index contributed by atoms with van der Waals surface area (Å²) >= 11 is 1.56. The minimum absolute atomic E-state index is 0.145. The van der Waals surface area contributed by atoms with E-state index in [1.54, 1.807) is 47.9 Å². The highest BCUT2D eigenvalue weighted by Gasteiger charge is 2.33. The molecule has 1 aliphatic heterocycles. The predicted octanol–water partition coefficient (Wildman–Crippen LogP) is 2.20. The molecule has 1 atom stereocenters. The van der Waals surface area contributed by atoms with Crippen molar-refractivity contribution in [3.05, 3.63) is 29.8 Å². The van der Waals surface area contributed by atoms with Crippen LogP contribution in [0.15, 0.2) is 29.2 Å². The number of rotatable bonds is 9. The van der Waals surface area contributed by atoms with Gasteiger partial charge in [0.1, 0.15) is 6.04 Å². The van der Waals surface area contributed by atoms with Crippen LogP contribution >= 0.6 is 11.8 Å². The second-order valence-electron chi connectivity index (χ2n) is 7.12. The first-order chi connectivity index (χ1) is 13.8. The van der Waals surface area contributed by atoms with Gasteiger partial charge >= 0.3 is 5.97 Å². The van der Waals surface area contributed by atoms with Crippen LogP contribution in [0.3, 0.4) is 0 Å². The first-order valence-electron chi connectivity index (χ1n) is 9.81. The highest BCUT2D eigenvalue weighted by molar-refractivity contribution is 7.98. The molecule has 1 unspecified atom stereocenters. The lowest BCUT2D eigenvalue weighted by Crippen LogP contribution is -2.51. The maximum Gasteiger partial charge on any atom is 0.309 e. The molecule has 0 bridgehead atoms. The molecule has 9 heteroatoms. The van der Waals surface area contributed by atoms with E-state index in [9.17, 15) is 18.0 Å². The van der Waals surface area contributed by atoms with Gasteiger partial charge in [0.25, 0.3) is 0 Å². The van der Waals surface area contributed by atoms with Gasteiger partial charge in [0.2, 0.25) is 15.9 Å². The second-order valence-corrected chi connectivity index (χ2v) is 9.82. The van der Waals surface area contributed by atoms with E-state index in [0.717, 1.165) is 5.56 Å². The van der Waals surface area contributed by atoms with Crippen LogP contribution in [0.25, 0.3) is 0 Å². The number of hydrogen-bond donors (Lipinski definition) is 1. The maximum atomic E-state index is 13.0. The zero-order valence-corrected chi connectivity index (χ0v) is 18.9. The number of piperidine rings is 1. The smallest absolute Gasteiger partial charge is 0.309 e. The van der Waals surface area contributed by atoms with Crippen molar-refractivity contribution in [1.29, 1.82) is 0 Å². The van der Waals surface area contributed by atoms with Gasteiger partial charge in [-0.25, -0.2) is 8.42 Å². The topological polar surface area (TPSA) is 92.8 Å². The molecule has 1 aliphatic rings. The fraction of sp³-hybridized carbons (Fsp3) is 0.600. The number of benzene rings is 1. The SMILES string of the molecule is CCOC(=O)C1CCN(C(=O)C(CCSC)NS(=O)(=O)c2ccc(C)cc2)CC1. The number of carbonyl (C=O) groups excluding carboxylic acids is 2. The molecule has 0 aliphatic carbocycles. The van der Waals surface area contributed by atoms with Crippen LogP contribution in [0, 0.1) is 12.8 Å². The largest absolute Gasteiger partial charge is 0.466 e. The van der Waals surface area contributed by atoms with E-state index >= 15 is 0 Å². The predicted molar refractivity (Wildman–Crippen MR) is 114 cm³/mol. The van der Waals surface area contributed by atoms with Crippen LogP contribution < -0.4 is 4.72 Å². The molecule has 1 aromatic rings. The number of ether oxygens (including phenoxy) is 1. The van der Waals surface area contributed by atoms with Gasteiger partial charge in [-0.1, -0.05) is 17.7 Å². The maximum absolute atomic E-state index is 13.0. The Balaban J connectivity index is 2.06. The molecule has 1 fully saturated rings. The van der Waals surface area contributed by atoms with Gasteiger partial charge in [-0.3, -0.25) is 9.59 Å². The van der Waals surface area contributed by atoms with E-state index < -0.39 is 16.1 Å². The monoisotopic (exact) mass is 442 g/mol. The van der Waals surface area contributed by atoms with Crippen molar-refractivity contribution in [2.45, 2.75) is 44.0 Å². The lowest BCUT2D eigenvalue weighted by atomic mass is 9.96. The van der Waals surface area contributed by atoms with Crippen molar-refractivity contribution < 1.29 is 22.7 Å². The van der Waals surface area contributed by atoms with E-state index in [4.69, 9.17) is 4.74 Å². The number of nitrogens with zero attached hydrogens (tertiary/aromatic N) is 1. The Labute approximate surface area is 177 Å². The van der Waals surface area contributed by atoms with Gasteiger partial charge in [0, 0.05) is 13.1 Å². The lowest BCUT2D eigenvalue weighted by Gasteiger charge is -2.33. The van der Waals surface area contributed by atoms with E-state index in [0.29, 0.717) is 44.7 Å². The number of nitrogens with one attached hydrogen (secondary N) is 1. The van der Waals surface area contributed by atoms with Crippen LogP contribution in [0.5, 0.6) is 0 Å². The number of sulfonamides is 1. The molecule has 162 valence electrons. The zero-order valence-electron chi connectivity index (χ0n) is 17.2. The highest BCUT2D eigenvalue weighted by atomic mass is 32.2. The van der Waals surface area contributed by atoms with E-state index in [1.165, 1.54) is 0 Å². The molecule has 2 rings (SSSR count). The molecule has 0 saturated carbocycles. The number of hydrogen-bond acceptors (Lipinski definition) is 6. The second kappa shape index (κ2) is 11.0. The summed E-state index contributed by atoms with van der Waals surface area (Å²) in [7, 11) is -3.80. The minimum atomic E-state index is -3.80. The Bertz CT molecular complexity index is 788. The van der Waals surface area contributed by atoms with Crippen LogP contribution in [-0.2, 0) is 24.3 Å². The van der Waals surface area contributed by atoms with Crippen molar-refractivity contribution in [3.63, 3.8) is 0 Å². The van der Waals surface area contributed by atoms with Crippen molar-refractivity contribution in [2.24, 2.45) is 5.92 Å². The van der Waals surface area contributed by atoms with Gasteiger partial charge in [0.15, 0.2) is 0 Å². The molecule has 1 aromatic carbocycles. The summed E-state index contributed by atoms with van der Waals surface area (Å²) in [4.78, 5) is 26.7. The fourth-order valence-electron chi connectivity index (χ4n) is 3.26. The van der Waals surface area contributed by atoms with Crippen molar-refractivity contribution >= 4 is 33.7 Å². The zero-order chi connectivity index (χ0) is 21.4. The fourth-order valence-corrected chi connectivity index (χ4v) is 4.95. The Morgan fingerprint density at radius 3 is 2.41 bits per heavy atom. The van der Waals surface area contributed by atoms with Gasteiger partial charge < -0.3 is 9.64 Å². The summed E-state index contributed by atoms with van der Waals surface area (Å²) in [6, 6.07) is 5.71. The van der Waals surface area contributed by atoms with E-state index in [-0.39, 0.29) is 22.7 Å². The normalized spacial score (nSPS) is 16.4. The molecule has 1 heterocycles. The number of carbonyl (C=O) groups is 2. The van der Waals surface area contributed by atoms with Gasteiger partial charge in [-0.15, -0.1) is 0 Å². The molecule has 0 radical (unpaired) electrons. The average Bonchev–Trinajstić information content (AvgIpc) is 2.71. The van der Waals surface area contributed by atoms with Crippen molar-refractivity contribution in [2.75, 3.05) is 31.7 Å². The molecule has 0 spiro atoms. The summed E-state index contributed by atoms with van der Waals surface area (Å²) in [5.74, 6) is -0.00454. The molecular formula is C20H30N2O5S2. The van der Waals surface area contributed by atoms with Gasteiger partial charge in [0.05, 0.1) is 17.4 Å². The molecule has 7 nitrogen and oxygen atoms in total. The molecule has 1 N–H and O–H groups in total. The van der Waals surface area contributed by atoms with Crippen molar-refractivity contribution in [3.8, 4) is 0 Å². The third-order valence-electron chi connectivity index (χ3n) is 4.96. The summed E-state index contributed by atoms with van der Waals surface area (Å²) < 4.78 is 33.2. The van der Waals surface area contributed by atoms with Crippen molar-refractivity contribution in [1.82, 2.24) is 9.62 Å². The Kier molecular flexibility index (Phi) is 8.98. The number of amides is 1. The number of aryl methyl sites for hydroxylation is 1. The quantitative estimate of drug-likeness (QED) is 0.590. The summed E-state index contributed by atoms with van der Waals surface area (Å²) in [5.41, 5.74) is 0.962. The summed E-state index contributed by atoms with van der Waals surface area (Å²) in [6.45, 7) is 4.84. The standard InChI is InChI=1S/C20H30N2O5S2/c1-4-27-20(24)16-9-12-22(13-10-16)19(23)18(11-14-28-3)21-29(25,26)17-7-5-15(2)6-8-17/h5-8,16,18,21H,4,9-14H2,1-3H3. The van der Waals surface area contributed by atoms with Crippen LogP contribution in [-0.4, -0.2) is 62.9 Å². The third kappa shape index (κ3) is 6.72. The summed E-state index contributed by atoms with van der Waals surface area (Å²) in [6.07, 6.45) is 3.39. The number of thioether (sulfide) groups is 1. The van der Waals surface area contributed by atoms with Crippen LogP contribution in [0.1, 0.15) is 31.7 Å². The molecule has 1 saturated heterocycles. The molecule has 1 amide bonds. The Hall–Kier alpha value is -1.58. The van der Waals surface area contributed by atoms with Crippen LogP contribution in [0.4, 0.5) is 0 Å². The number of likely N-dealkylation sites (tertiary alicyclic amines) is 1. The van der Waals surface area contributed by atoms with E-state index in [1.807, 2.05) is 13.2 Å². The van der Waals surface area contributed by atoms with Gasteiger partial charge in [-0.2, -0.15) is 16.5 Å². The Morgan fingerprint density at radius 1 is 1.24 bits per heavy atom. The average molecular weight is 443 g/mol. The van der Waals surface area contributed by atoms with Crippen LogP contribution in [0.2, 0.25) is 0 Å². The Morgan fingerprint density at radius 2 is 1.86 bits per heavy atom. The first kappa shape index (κ1) is 23.7. The van der Waals surface area contributed by atoms with E-state index in [2.05, 4.69) is 4.72 Å². The first-order valence-corrected chi connectivity index (χ1v) is 12.7. The van der Waals surface area contributed by atoms with Gasteiger partial charge in [-0.05, 0) is 57.3 Å². The molecular weight excluding hydrogens is 412 g/mol. The summed E-state index contributed by atoms with van der Waals surface area (Å²) in [5, 5.41) is 0.